The van der Waals surface area contributed by atoms with E-state index in [9.17, 15) is 0 Å². The third-order valence-electron chi connectivity index (χ3n) is 5.80. The monoisotopic (exact) mass is 310 g/mol. The van der Waals surface area contributed by atoms with Crippen LogP contribution in [0.4, 0.5) is 0 Å². The lowest BCUT2D eigenvalue weighted by Gasteiger charge is -2.27. The fourth-order valence-electron chi connectivity index (χ4n) is 4.23. The lowest BCUT2D eigenvalue weighted by Crippen LogP contribution is -2.23. The van der Waals surface area contributed by atoms with Crippen molar-refractivity contribution >= 4 is 0 Å². The molecule has 3 aliphatic rings. The Hall–Kier alpha value is -0.120. The fraction of sp³-hybridized carbons (Fsp3) is 1.00. The summed E-state index contributed by atoms with van der Waals surface area (Å²) in [5.74, 6) is 2.41. The first-order chi connectivity index (χ1) is 10.7. The molecule has 1 heterocycles. The third kappa shape index (κ3) is 5.21. The van der Waals surface area contributed by atoms with Crippen molar-refractivity contribution in [2.45, 2.75) is 83.5 Å². The molecule has 0 N–H and O–H groups in total. The molecule has 2 aliphatic carbocycles. The van der Waals surface area contributed by atoms with Crippen LogP contribution < -0.4 is 0 Å². The molecule has 22 heavy (non-hydrogen) atoms. The Morgan fingerprint density at radius 3 is 2.68 bits per heavy atom. The number of epoxide rings is 1. The average Bonchev–Trinajstić information content (AvgIpc) is 3.28. The molecule has 0 spiro atoms. The number of fused-ring (bicyclic) bond motifs is 1. The van der Waals surface area contributed by atoms with Gasteiger partial charge in [0.2, 0.25) is 0 Å². The van der Waals surface area contributed by atoms with E-state index in [2.05, 4.69) is 13.8 Å². The molecule has 0 aromatic carbocycles. The van der Waals surface area contributed by atoms with E-state index in [-0.39, 0.29) is 0 Å². The summed E-state index contributed by atoms with van der Waals surface area (Å²) in [6.07, 6.45) is 11.8. The van der Waals surface area contributed by atoms with Crippen molar-refractivity contribution in [3.8, 4) is 0 Å². The van der Waals surface area contributed by atoms with E-state index in [1.807, 2.05) is 0 Å². The smallest absolute Gasteiger partial charge is 0.0845 e. The largest absolute Gasteiger partial charge is 0.381 e. The zero-order valence-corrected chi connectivity index (χ0v) is 14.5. The van der Waals surface area contributed by atoms with Crippen LogP contribution in [-0.2, 0) is 14.2 Å². The molecule has 0 radical (unpaired) electrons. The second-order valence-corrected chi connectivity index (χ2v) is 8.04. The van der Waals surface area contributed by atoms with E-state index in [4.69, 9.17) is 14.2 Å². The minimum absolute atomic E-state index is 0.333. The molecule has 1 aliphatic heterocycles. The molecular formula is C19H34O3. The molecule has 2 saturated carbocycles. The molecule has 0 aromatic rings. The number of hydrogen-bond donors (Lipinski definition) is 0. The van der Waals surface area contributed by atoms with Crippen molar-refractivity contribution in [1.29, 1.82) is 0 Å². The predicted molar refractivity (Wildman–Crippen MR) is 88.0 cm³/mol. The Bertz CT molecular complexity index is 333. The summed E-state index contributed by atoms with van der Waals surface area (Å²) in [6.45, 7) is 7.28. The molecule has 0 amide bonds. The molecule has 0 aromatic heterocycles. The molecule has 3 heteroatoms. The molecule has 0 bridgehead atoms. The number of ether oxygens (including phenoxy) is 3. The zero-order valence-electron chi connectivity index (χ0n) is 14.5. The highest BCUT2D eigenvalue weighted by molar-refractivity contribution is 4.91. The van der Waals surface area contributed by atoms with Gasteiger partial charge in [-0.3, -0.25) is 0 Å². The van der Waals surface area contributed by atoms with Gasteiger partial charge in [-0.15, -0.1) is 0 Å². The van der Waals surface area contributed by atoms with E-state index in [0.29, 0.717) is 18.3 Å². The second kappa shape index (κ2) is 8.12. The maximum Gasteiger partial charge on any atom is 0.0845 e. The summed E-state index contributed by atoms with van der Waals surface area (Å²) in [6, 6.07) is 0. The number of rotatable bonds is 8. The molecule has 3 rings (SSSR count). The van der Waals surface area contributed by atoms with Gasteiger partial charge in [0.1, 0.15) is 0 Å². The van der Waals surface area contributed by atoms with Gasteiger partial charge in [-0.1, -0.05) is 19.8 Å². The van der Waals surface area contributed by atoms with E-state index < -0.39 is 0 Å². The van der Waals surface area contributed by atoms with Crippen LogP contribution in [0.1, 0.15) is 65.2 Å². The van der Waals surface area contributed by atoms with Crippen LogP contribution in [0.25, 0.3) is 0 Å². The SMILES string of the molecule is CC1CCCC(COC(C)CCOCC2CCC3OC3C2)C1. The van der Waals surface area contributed by atoms with Crippen molar-refractivity contribution < 1.29 is 14.2 Å². The van der Waals surface area contributed by atoms with Crippen molar-refractivity contribution in [3.63, 3.8) is 0 Å². The van der Waals surface area contributed by atoms with Crippen molar-refractivity contribution in [2.75, 3.05) is 19.8 Å². The topological polar surface area (TPSA) is 31.0 Å². The van der Waals surface area contributed by atoms with Crippen LogP contribution in [-0.4, -0.2) is 38.1 Å². The van der Waals surface area contributed by atoms with E-state index in [1.165, 1.54) is 44.9 Å². The minimum Gasteiger partial charge on any atom is -0.381 e. The molecule has 128 valence electrons. The molecule has 3 nitrogen and oxygen atoms in total. The summed E-state index contributed by atoms with van der Waals surface area (Å²) in [5.41, 5.74) is 0. The standard InChI is InChI=1S/C19H34O3/c1-14-4-3-5-16(10-14)13-21-15(2)8-9-20-12-17-6-7-18-19(11-17)22-18/h14-19H,3-13H2,1-2H3. The van der Waals surface area contributed by atoms with Gasteiger partial charge in [0.25, 0.3) is 0 Å². The lowest BCUT2D eigenvalue weighted by atomic mass is 9.83. The maximum atomic E-state index is 6.05. The lowest BCUT2D eigenvalue weighted by molar-refractivity contribution is -0.000840. The Labute approximate surface area is 136 Å². The predicted octanol–water partition coefficient (Wildman–Crippen LogP) is 4.19. The Morgan fingerprint density at radius 1 is 1.00 bits per heavy atom. The van der Waals surface area contributed by atoms with Crippen LogP contribution in [0.2, 0.25) is 0 Å². The van der Waals surface area contributed by atoms with E-state index in [0.717, 1.165) is 44.0 Å². The zero-order chi connectivity index (χ0) is 15.4. The quantitative estimate of drug-likeness (QED) is 0.497. The first kappa shape index (κ1) is 16.7. The summed E-state index contributed by atoms with van der Waals surface area (Å²) >= 11 is 0. The first-order valence-corrected chi connectivity index (χ1v) is 9.55. The van der Waals surface area contributed by atoms with Crippen LogP contribution in [0.15, 0.2) is 0 Å². The van der Waals surface area contributed by atoms with Crippen LogP contribution in [0, 0.1) is 17.8 Å². The van der Waals surface area contributed by atoms with Gasteiger partial charge in [0, 0.05) is 19.8 Å². The third-order valence-corrected chi connectivity index (χ3v) is 5.80. The van der Waals surface area contributed by atoms with Crippen LogP contribution >= 0.6 is 0 Å². The van der Waals surface area contributed by atoms with Crippen molar-refractivity contribution in [2.24, 2.45) is 17.8 Å². The molecular weight excluding hydrogens is 276 g/mol. The van der Waals surface area contributed by atoms with Gasteiger partial charge >= 0.3 is 0 Å². The van der Waals surface area contributed by atoms with Crippen LogP contribution in [0.5, 0.6) is 0 Å². The molecule has 3 fully saturated rings. The summed E-state index contributed by atoms with van der Waals surface area (Å²) < 4.78 is 17.5. The van der Waals surface area contributed by atoms with Gasteiger partial charge in [0.05, 0.1) is 18.3 Å². The highest BCUT2D eigenvalue weighted by Crippen LogP contribution is 2.39. The minimum atomic E-state index is 0.333. The first-order valence-electron chi connectivity index (χ1n) is 9.55. The van der Waals surface area contributed by atoms with Gasteiger partial charge in [-0.05, 0) is 63.2 Å². The number of hydrogen-bond acceptors (Lipinski definition) is 3. The Kier molecular flexibility index (Phi) is 6.17. The van der Waals surface area contributed by atoms with E-state index in [1.54, 1.807) is 0 Å². The summed E-state index contributed by atoms with van der Waals surface area (Å²) in [4.78, 5) is 0. The molecule has 1 saturated heterocycles. The average molecular weight is 310 g/mol. The van der Waals surface area contributed by atoms with Crippen molar-refractivity contribution in [3.05, 3.63) is 0 Å². The van der Waals surface area contributed by atoms with E-state index >= 15 is 0 Å². The summed E-state index contributed by atoms with van der Waals surface area (Å²) in [7, 11) is 0. The van der Waals surface area contributed by atoms with Crippen LogP contribution in [0.3, 0.4) is 0 Å². The van der Waals surface area contributed by atoms with Gasteiger partial charge in [0.15, 0.2) is 0 Å². The van der Waals surface area contributed by atoms with Gasteiger partial charge < -0.3 is 14.2 Å². The second-order valence-electron chi connectivity index (χ2n) is 8.04. The van der Waals surface area contributed by atoms with Gasteiger partial charge in [-0.2, -0.15) is 0 Å². The highest BCUT2D eigenvalue weighted by Gasteiger charge is 2.43. The molecule has 6 atom stereocenters. The van der Waals surface area contributed by atoms with Gasteiger partial charge in [-0.25, -0.2) is 0 Å². The normalized spacial score (nSPS) is 39.3. The Balaban J connectivity index is 1.19. The van der Waals surface area contributed by atoms with Crippen molar-refractivity contribution in [1.82, 2.24) is 0 Å². The Morgan fingerprint density at radius 2 is 1.86 bits per heavy atom. The maximum absolute atomic E-state index is 6.05. The summed E-state index contributed by atoms with van der Waals surface area (Å²) in [5, 5.41) is 0. The highest BCUT2D eigenvalue weighted by atomic mass is 16.6. The fourth-order valence-corrected chi connectivity index (χ4v) is 4.23. The molecule has 6 unspecified atom stereocenters.